The van der Waals surface area contributed by atoms with E-state index in [1.165, 1.54) is 6.07 Å². The van der Waals surface area contributed by atoms with E-state index in [1.54, 1.807) is 36.1 Å². The highest BCUT2D eigenvalue weighted by Gasteiger charge is 2.43. The van der Waals surface area contributed by atoms with Gasteiger partial charge in [-0.2, -0.15) is 0 Å². The molecular formula is C33H45N3O12S. The summed E-state index contributed by atoms with van der Waals surface area (Å²) in [7, 11) is 0. The molecule has 0 saturated carbocycles. The molecule has 3 aliphatic heterocycles. The minimum absolute atomic E-state index is 0.0855. The van der Waals surface area contributed by atoms with Gasteiger partial charge in [0.1, 0.15) is 53.0 Å². The normalized spacial score (nSPS) is 30.4. The van der Waals surface area contributed by atoms with Gasteiger partial charge in [0.05, 0.1) is 24.1 Å². The van der Waals surface area contributed by atoms with Gasteiger partial charge < -0.3 is 55.2 Å². The Morgan fingerprint density at radius 3 is 2.55 bits per heavy atom. The van der Waals surface area contributed by atoms with E-state index in [4.69, 9.17) is 14.3 Å². The van der Waals surface area contributed by atoms with Crippen LogP contribution in [0.15, 0.2) is 41.6 Å². The molecular weight excluding hydrogens is 662 g/mol. The molecule has 2 amide bonds. The van der Waals surface area contributed by atoms with Crippen LogP contribution in [0.25, 0.3) is 0 Å². The van der Waals surface area contributed by atoms with E-state index < -0.39 is 66.2 Å². The molecule has 2 fully saturated rings. The second-order valence-corrected chi connectivity index (χ2v) is 13.3. The fourth-order valence-corrected chi connectivity index (χ4v) is 6.62. The third kappa shape index (κ3) is 10.9. The van der Waals surface area contributed by atoms with Crippen LogP contribution >= 0.6 is 11.8 Å². The summed E-state index contributed by atoms with van der Waals surface area (Å²) in [5.74, 6) is -2.39. The number of ether oxygens (including phenoxy) is 2. The van der Waals surface area contributed by atoms with Crippen molar-refractivity contribution in [2.45, 2.75) is 87.4 Å². The number of amides is 2. The van der Waals surface area contributed by atoms with E-state index in [0.29, 0.717) is 13.1 Å². The van der Waals surface area contributed by atoms with E-state index in [2.05, 4.69) is 10.5 Å². The third-order valence-electron chi connectivity index (χ3n) is 8.26. The van der Waals surface area contributed by atoms with Gasteiger partial charge in [-0.1, -0.05) is 23.4 Å². The van der Waals surface area contributed by atoms with Crippen LogP contribution < -0.4 is 5.32 Å². The number of phenols is 2. The number of nitrogens with zero attached hydrogens (tertiary/aromatic N) is 2. The quantitative estimate of drug-likeness (QED) is 0.111. The molecule has 2 saturated heterocycles. The molecule has 4 rings (SSSR count). The Hall–Kier alpha value is -3.67. The van der Waals surface area contributed by atoms with Crippen molar-refractivity contribution in [1.29, 1.82) is 0 Å². The van der Waals surface area contributed by atoms with Crippen LogP contribution in [0.1, 0.15) is 54.9 Å². The average Bonchev–Trinajstić information content (AvgIpc) is 3.06. The van der Waals surface area contributed by atoms with Crippen molar-refractivity contribution < 1.29 is 59.3 Å². The van der Waals surface area contributed by atoms with Crippen LogP contribution in [-0.4, -0.2) is 133 Å². The fourth-order valence-electron chi connectivity index (χ4n) is 5.64. The molecule has 270 valence electrons. The number of aliphatic hydroxyl groups excluding tert-OH is 4. The average molecular weight is 708 g/mol. The molecule has 0 radical (unpaired) electrons. The van der Waals surface area contributed by atoms with Gasteiger partial charge in [0.2, 0.25) is 5.91 Å². The first-order valence-corrected chi connectivity index (χ1v) is 17.3. The number of cyclic esters (lactones) is 1. The van der Waals surface area contributed by atoms with Crippen LogP contribution in [0.2, 0.25) is 0 Å². The number of oxime groups is 1. The highest BCUT2D eigenvalue weighted by molar-refractivity contribution is 8.00. The maximum atomic E-state index is 13.2. The smallest absolute Gasteiger partial charge is 0.342 e. The number of nitrogens with one attached hydrogen (secondary N) is 1. The van der Waals surface area contributed by atoms with Crippen molar-refractivity contribution in [2.75, 3.05) is 32.1 Å². The number of hydrogen-bond acceptors (Lipinski definition) is 14. The maximum Gasteiger partial charge on any atom is 0.342 e. The lowest BCUT2D eigenvalue weighted by atomic mass is 9.99. The number of hydrogen-bond donors (Lipinski definition) is 7. The minimum atomic E-state index is -1.56. The lowest BCUT2D eigenvalue weighted by molar-refractivity contribution is -0.205. The Bertz CT molecular complexity index is 1400. The van der Waals surface area contributed by atoms with Gasteiger partial charge in [-0.15, -0.1) is 11.8 Å². The number of aliphatic hydroxyl groups is 4. The van der Waals surface area contributed by atoms with Crippen LogP contribution in [0, 0.1) is 0 Å². The summed E-state index contributed by atoms with van der Waals surface area (Å²) < 4.78 is 11.0. The summed E-state index contributed by atoms with van der Waals surface area (Å²) in [5.41, 5.74) is -0.744. The van der Waals surface area contributed by atoms with Crippen molar-refractivity contribution in [3.63, 3.8) is 0 Å². The second-order valence-electron chi connectivity index (χ2n) is 12.2. The molecule has 0 aliphatic carbocycles. The molecule has 49 heavy (non-hydrogen) atoms. The van der Waals surface area contributed by atoms with Gasteiger partial charge in [0.25, 0.3) is 5.91 Å². The summed E-state index contributed by atoms with van der Waals surface area (Å²) >= 11 is 0.900. The number of allylic oxidation sites excluding steroid dienone is 1. The monoisotopic (exact) mass is 707 g/mol. The number of aromatic hydroxyl groups is 2. The highest BCUT2D eigenvalue weighted by Crippen LogP contribution is 2.30. The van der Waals surface area contributed by atoms with Gasteiger partial charge in [0, 0.05) is 32.0 Å². The standard InChI is InChI=1S/C33H45N3O12S/c1-19-7-5-8-21(34-26(40)18-49-33-31(44)30(43)29(42)25(16-37)48-33)9-6-10-22(35-46-17-27(41)36-11-3-2-4-12-36)13-20-14-23(38)15-24(39)28(20)32(45)47-19/h5-6,8,10,14-15,19,21,25,29-31,33,37-39,42-44H,2-4,7,9,11-13,16-18H2,1H3,(H,34,40)/b8-5+,10-6+,35-22-/t19-,21+,25?,29-,30?,31?,33+/m1/s1. The molecule has 0 spiro atoms. The first-order valence-electron chi connectivity index (χ1n) is 16.2. The first-order chi connectivity index (χ1) is 23.5. The number of esters is 1. The van der Waals surface area contributed by atoms with Gasteiger partial charge in [-0.3, -0.25) is 9.59 Å². The highest BCUT2D eigenvalue weighted by atomic mass is 32.2. The van der Waals surface area contributed by atoms with Crippen LogP contribution in [0.4, 0.5) is 0 Å². The van der Waals surface area contributed by atoms with E-state index in [-0.39, 0.29) is 60.1 Å². The van der Waals surface area contributed by atoms with E-state index in [1.807, 2.05) is 0 Å². The van der Waals surface area contributed by atoms with Crippen molar-refractivity contribution in [2.24, 2.45) is 5.16 Å². The second kappa shape index (κ2) is 18.4. The Labute approximate surface area is 288 Å². The van der Waals surface area contributed by atoms with Crippen LogP contribution in [-0.2, 0) is 30.3 Å². The van der Waals surface area contributed by atoms with Crippen LogP contribution in [0.5, 0.6) is 11.5 Å². The van der Waals surface area contributed by atoms with Crippen molar-refractivity contribution in [1.82, 2.24) is 10.2 Å². The molecule has 7 N–H and O–H groups in total. The molecule has 1 aromatic rings. The Morgan fingerprint density at radius 2 is 1.82 bits per heavy atom. The lowest BCUT2D eigenvalue weighted by Crippen LogP contribution is -2.57. The van der Waals surface area contributed by atoms with Gasteiger partial charge in [-0.25, -0.2) is 4.79 Å². The Morgan fingerprint density at radius 1 is 1.06 bits per heavy atom. The number of rotatable bonds is 8. The molecule has 16 heteroatoms. The number of phenolic OH excluding ortho intramolecular Hbond substituents is 2. The first kappa shape index (κ1) is 38.1. The number of piperidine rings is 1. The number of likely N-dealkylation sites (tertiary alicyclic amines) is 1. The minimum Gasteiger partial charge on any atom is -0.508 e. The van der Waals surface area contributed by atoms with Crippen molar-refractivity contribution >= 4 is 35.3 Å². The number of carbonyl (C=O) groups is 3. The third-order valence-corrected chi connectivity index (χ3v) is 9.40. The van der Waals surface area contributed by atoms with E-state index in [0.717, 1.165) is 37.1 Å². The summed E-state index contributed by atoms with van der Waals surface area (Å²) in [6.45, 7) is 2.07. The zero-order chi connectivity index (χ0) is 35.5. The maximum absolute atomic E-state index is 13.2. The number of thioether (sulfide) groups is 1. The van der Waals surface area contributed by atoms with Gasteiger partial charge in [-0.05, 0) is 50.3 Å². The fraction of sp³-hybridized carbons (Fsp3) is 0.576. The molecule has 15 nitrogen and oxygen atoms in total. The van der Waals surface area contributed by atoms with Crippen molar-refractivity contribution in [3.8, 4) is 11.5 Å². The Balaban J connectivity index is 1.50. The Kier molecular flexibility index (Phi) is 14.3. The SMILES string of the molecule is C[C@@H]1C/C=C/[C@H](NC(=O)CS[C@@H]2OC(CO)[C@@H](O)C(O)C2O)C/C=C/C(=N/OCC(=O)N2CCCCC2)Cc2cc(O)cc(O)c2C(=O)O1. The van der Waals surface area contributed by atoms with Crippen molar-refractivity contribution in [3.05, 3.63) is 47.6 Å². The molecule has 3 unspecified atom stereocenters. The molecule has 0 aromatic heterocycles. The summed E-state index contributed by atoms with van der Waals surface area (Å²) in [6, 6.07) is 1.80. The largest absolute Gasteiger partial charge is 0.508 e. The summed E-state index contributed by atoms with van der Waals surface area (Å²) in [5, 5.41) is 67.6. The molecule has 0 bridgehead atoms. The summed E-state index contributed by atoms with van der Waals surface area (Å²) in [6.07, 6.45) is 3.85. The number of fused-ring (bicyclic) bond motifs is 1. The van der Waals surface area contributed by atoms with Gasteiger partial charge >= 0.3 is 5.97 Å². The predicted octanol–water partition coefficient (Wildman–Crippen LogP) is 0.495. The van der Waals surface area contributed by atoms with Crippen LogP contribution in [0.3, 0.4) is 0 Å². The zero-order valence-electron chi connectivity index (χ0n) is 27.2. The number of benzene rings is 1. The lowest BCUT2D eigenvalue weighted by Gasteiger charge is -2.39. The molecule has 3 heterocycles. The molecule has 1 aromatic carbocycles. The summed E-state index contributed by atoms with van der Waals surface area (Å²) in [4.78, 5) is 45.9. The van der Waals surface area contributed by atoms with Gasteiger partial charge in [0.15, 0.2) is 6.61 Å². The molecule has 7 atom stereocenters. The number of carbonyl (C=O) groups excluding carboxylic acids is 3. The zero-order valence-corrected chi connectivity index (χ0v) is 28.0. The van der Waals surface area contributed by atoms with E-state index >= 15 is 0 Å². The predicted molar refractivity (Wildman–Crippen MR) is 178 cm³/mol. The topological polar surface area (TPSA) is 228 Å². The van der Waals surface area contributed by atoms with E-state index in [9.17, 15) is 45.0 Å². The molecule has 3 aliphatic rings.